The van der Waals surface area contributed by atoms with Crippen molar-refractivity contribution in [2.75, 3.05) is 7.05 Å². The highest BCUT2D eigenvalue weighted by Gasteiger charge is 2.25. The molecule has 0 aliphatic rings. The zero-order valence-corrected chi connectivity index (χ0v) is 9.15. The lowest BCUT2D eigenvalue weighted by Gasteiger charge is -2.22. The standard InChI is InChI=1S/C7H15NO5S/c1-5(2)4-6(7(9)10)8(3)13-14(11)12/h5-6H,4H2,1-3H3,(H,9,10)(H,11,12)/t6-/m0/s1. The molecule has 0 aliphatic carbocycles. The molecule has 0 saturated carbocycles. The maximum Gasteiger partial charge on any atom is 0.323 e. The molecule has 0 fully saturated rings. The second-order valence-corrected chi connectivity index (χ2v) is 3.90. The highest BCUT2D eigenvalue weighted by molar-refractivity contribution is 7.74. The van der Waals surface area contributed by atoms with Crippen LogP contribution in [-0.2, 0) is 20.4 Å². The number of carbonyl (C=O) groups is 1. The third-order valence-corrected chi connectivity index (χ3v) is 1.96. The van der Waals surface area contributed by atoms with Crippen molar-refractivity contribution >= 4 is 17.3 Å². The van der Waals surface area contributed by atoms with Crippen LogP contribution < -0.4 is 0 Å². The lowest BCUT2D eigenvalue weighted by atomic mass is 10.0. The van der Waals surface area contributed by atoms with Crippen LogP contribution in [-0.4, -0.2) is 38.0 Å². The molecule has 0 heterocycles. The fraction of sp³-hybridized carbons (Fsp3) is 0.857. The minimum absolute atomic E-state index is 0.161. The molecule has 7 heteroatoms. The van der Waals surface area contributed by atoms with Gasteiger partial charge in [0.15, 0.2) is 0 Å². The molecule has 0 rings (SSSR count). The van der Waals surface area contributed by atoms with Gasteiger partial charge in [-0.3, -0.25) is 9.35 Å². The highest BCUT2D eigenvalue weighted by atomic mass is 32.2. The first-order chi connectivity index (χ1) is 6.34. The molecule has 0 aromatic carbocycles. The average molecular weight is 225 g/mol. The van der Waals surface area contributed by atoms with Crippen molar-refractivity contribution in [3.05, 3.63) is 0 Å². The Morgan fingerprint density at radius 1 is 1.57 bits per heavy atom. The first kappa shape index (κ1) is 13.5. The van der Waals surface area contributed by atoms with E-state index in [0.717, 1.165) is 5.06 Å². The minimum atomic E-state index is -2.49. The molecule has 84 valence electrons. The highest BCUT2D eigenvalue weighted by Crippen LogP contribution is 2.11. The van der Waals surface area contributed by atoms with Gasteiger partial charge in [-0.05, 0) is 12.3 Å². The second-order valence-electron chi connectivity index (χ2n) is 3.32. The summed E-state index contributed by atoms with van der Waals surface area (Å²) in [6.45, 7) is 3.72. The van der Waals surface area contributed by atoms with Crippen LogP contribution >= 0.6 is 0 Å². The lowest BCUT2D eigenvalue weighted by Crippen LogP contribution is -2.39. The van der Waals surface area contributed by atoms with Crippen molar-refractivity contribution in [1.29, 1.82) is 0 Å². The van der Waals surface area contributed by atoms with E-state index in [-0.39, 0.29) is 5.92 Å². The summed E-state index contributed by atoms with van der Waals surface area (Å²) in [5, 5.41) is 9.69. The molecule has 0 aromatic heterocycles. The molecule has 14 heavy (non-hydrogen) atoms. The van der Waals surface area contributed by atoms with E-state index in [1.807, 2.05) is 13.8 Å². The van der Waals surface area contributed by atoms with Gasteiger partial charge in [0.2, 0.25) is 0 Å². The first-order valence-electron chi connectivity index (χ1n) is 4.09. The van der Waals surface area contributed by atoms with Gasteiger partial charge < -0.3 is 5.11 Å². The van der Waals surface area contributed by atoms with Crippen LogP contribution in [0.15, 0.2) is 0 Å². The Morgan fingerprint density at radius 3 is 2.36 bits per heavy atom. The van der Waals surface area contributed by atoms with Crippen LogP contribution in [0.3, 0.4) is 0 Å². The van der Waals surface area contributed by atoms with E-state index in [9.17, 15) is 9.00 Å². The number of rotatable bonds is 6. The maximum absolute atomic E-state index is 10.8. The molecule has 2 N–H and O–H groups in total. The molecule has 0 saturated heterocycles. The van der Waals surface area contributed by atoms with E-state index in [1.165, 1.54) is 7.05 Å². The number of aliphatic carboxylic acids is 1. The van der Waals surface area contributed by atoms with Gasteiger partial charge in [-0.2, -0.15) is 13.6 Å². The number of nitrogens with zero attached hydrogens (tertiary/aromatic N) is 1. The summed E-state index contributed by atoms with van der Waals surface area (Å²) < 4.78 is 23.0. The van der Waals surface area contributed by atoms with E-state index in [2.05, 4.69) is 4.28 Å². The monoisotopic (exact) mass is 225 g/mol. The van der Waals surface area contributed by atoms with Crippen molar-refractivity contribution in [1.82, 2.24) is 5.06 Å². The number of likely N-dealkylation sites (N-methyl/N-ethyl adjacent to an activating group) is 1. The van der Waals surface area contributed by atoms with Gasteiger partial charge in [0.1, 0.15) is 6.04 Å². The van der Waals surface area contributed by atoms with Crippen molar-refractivity contribution in [3.63, 3.8) is 0 Å². The first-order valence-corrected chi connectivity index (χ1v) is 5.12. The summed E-state index contributed by atoms with van der Waals surface area (Å²) in [5.41, 5.74) is 0. The predicted octanol–water partition coefficient (Wildman–Crippen LogP) is 0.486. The zero-order valence-electron chi connectivity index (χ0n) is 8.34. The molecule has 0 amide bonds. The Morgan fingerprint density at radius 2 is 2.07 bits per heavy atom. The summed E-state index contributed by atoms with van der Waals surface area (Å²) in [5.74, 6) is -0.916. The van der Waals surface area contributed by atoms with Crippen molar-refractivity contribution < 1.29 is 22.9 Å². The average Bonchev–Trinajstić information content (AvgIpc) is 1.97. The summed E-state index contributed by atoms with van der Waals surface area (Å²) in [6, 6.07) is -0.911. The predicted molar refractivity (Wildman–Crippen MR) is 50.5 cm³/mol. The van der Waals surface area contributed by atoms with Gasteiger partial charge in [0.05, 0.1) is 0 Å². The number of hydrogen-bond acceptors (Lipinski definition) is 4. The normalized spacial score (nSPS) is 15.9. The van der Waals surface area contributed by atoms with Gasteiger partial charge in [-0.15, -0.1) is 0 Å². The van der Waals surface area contributed by atoms with E-state index in [1.54, 1.807) is 0 Å². The van der Waals surface area contributed by atoms with E-state index >= 15 is 0 Å². The Hall–Kier alpha value is -0.500. The third-order valence-electron chi connectivity index (χ3n) is 1.60. The maximum atomic E-state index is 10.8. The molecule has 0 aromatic rings. The fourth-order valence-electron chi connectivity index (χ4n) is 1.00. The SMILES string of the molecule is CC(C)C[C@@H](C(=O)O)N(C)OS(=O)O. The van der Waals surface area contributed by atoms with Crippen molar-refractivity contribution in [2.45, 2.75) is 26.3 Å². The van der Waals surface area contributed by atoms with Gasteiger partial charge in [0, 0.05) is 7.05 Å². The summed E-state index contributed by atoms with van der Waals surface area (Å²) >= 11 is -2.49. The molecule has 0 spiro atoms. The molecular weight excluding hydrogens is 210 g/mol. The largest absolute Gasteiger partial charge is 0.480 e. The lowest BCUT2D eigenvalue weighted by molar-refractivity contribution is -0.156. The third kappa shape index (κ3) is 5.28. The Kier molecular flexibility index (Phi) is 5.86. The summed E-state index contributed by atoms with van der Waals surface area (Å²) in [7, 11) is 1.31. The van der Waals surface area contributed by atoms with Crippen LogP contribution in [0.2, 0.25) is 0 Å². The van der Waals surface area contributed by atoms with Gasteiger partial charge in [-0.1, -0.05) is 13.8 Å². The summed E-state index contributed by atoms with van der Waals surface area (Å²) in [6.07, 6.45) is 0.350. The Balaban J connectivity index is 4.33. The minimum Gasteiger partial charge on any atom is -0.480 e. The Bertz CT molecular complexity index is 220. The molecule has 6 nitrogen and oxygen atoms in total. The van der Waals surface area contributed by atoms with Crippen LogP contribution in [0.5, 0.6) is 0 Å². The second kappa shape index (κ2) is 6.07. The van der Waals surface area contributed by atoms with Gasteiger partial charge in [-0.25, -0.2) is 0 Å². The molecule has 0 aliphatic heterocycles. The fourth-order valence-corrected chi connectivity index (χ4v) is 1.31. The van der Waals surface area contributed by atoms with E-state index < -0.39 is 23.4 Å². The Labute approximate surface area is 85.3 Å². The van der Waals surface area contributed by atoms with Crippen LogP contribution in [0.1, 0.15) is 20.3 Å². The number of carboxylic acids is 1. The van der Waals surface area contributed by atoms with Gasteiger partial charge in [0.25, 0.3) is 0 Å². The quantitative estimate of drug-likeness (QED) is 0.505. The molecule has 1 unspecified atom stereocenters. The smallest absolute Gasteiger partial charge is 0.323 e. The van der Waals surface area contributed by atoms with Crippen molar-refractivity contribution in [2.24, 2.45) is 5.92 Å². The topological polar surface area (TPSA) is 87.1 Å². The van der Waals surface area contributed by atoms with E-state index in [0.29, 0.717) is 6.42 Å². The number of hydrogen-bond donors (Lipinski definition) is 2. The van der Waals surface area contributed by atoms with Crippen molar-refractivity contribution in [3.8, 4) is 0 Å². The molecule has 2 atom stereocenters. The number of carboxylic acid groups (broad SMARTS) is 1. The molecular formula is C7H15NO5S. The van der Waals surface area contributed by atoms with Crippen LogP contribution in [0.4, 0.5) is 0 Å². The van der Waals surface area contributed by atoms with Crippen LogP contribution in [0, 0.1) is 5.92 Å². The van der Waals surface area contributed by atoms with E-state index in [4.69, 9.17) is 9.66 Å². The molecule has 0 bridgehead atoms. The number of hydroxylamine groups is 2. The van der Waals surface area contributed by atoms with Gasteiger partial charge >= 0.3 is 17.3 Å². The molecule has 0 radical (unpaired) electrons. The summed E-state index contributed by atoms with van der Waals surface area (Å²) in [4.78, 5) is 10.8. The zero-order chi connectivity index (χ0) is 11.3. The van der Waals surface area contributed by atoms with Crippen LogP contribution in [0.25, 0.3) is 0 Å².